The number of morpholine rings is 1. The van der Waals surface area contributed by atoms with Crippen LogP contribution < -0.4 is 5.32 Å². The van der Waals surface area contributed by atoms with Crippen LogP contribution >= 0.6 is 0 Å². The predicted molar refractivity (Wildman–Crippen MR) is 70.4 cm³/mol. The van der Waals surface area contributed by atoms with E-state index in [1.54, 1.807) is 7.11 Å². The lowest BCUT2D eigenvalue weighted by Gasteiger charge is -2.40. The summed E-state index contributed by atoms with van der Waals surface area (Å²) >= 11 is 0. The Morgan fingerprint density at radius 3 is 2.53 bits per heavy atom. The average molecular weight is 244 g/mol. The molecule has 0 bridgehead atoms. The van der Waals surface area contributed by atoms with E-state index in [1.807, 2.05) is 0 Å². The molecule has 0 spiro atoms. The van der Waals surface area contributed by atoms with Gasteiger partial charge in [-0.2, -0.15) is 0 Å². The molecule has 0 saturated carbocycles. The van der Waals surface area contributed by atoms with Gasteiger partial charge in [-0.3, -0.25) is 4.90 Å². The molecule has 17 heavy (non-hydrogen) atoms. The lowest BCUT2D eigenvalue weighted by Crippen LogP contribution is -2.54. The summed E-state index contributed by atoms with van der Waals surface area (Å²) in [5.41, 5.74) is 0. The topological polar surface area (TPSA) is 33.7 Å². The van der Waals surface area contributed by atoms with Crippen molar-refractivity contribution in [3.8, 4) is 0 Å². The molecule has 0 radical (unpaired) electrons. The summed E-state index contributed by atoms with van der Waals surface area (Å²) in [4.78, 5) is 2.49. The van der Waals surface area contributed by atoms with Crippen LogP contribution in [0, 0.1) is 0 Å². The highest BCUT2D eigenvalue weighted by Gasteiger charge is 2.27. The Labute approximate surface area is 106 Å². The van der Waals surface area contributed by atoms with E-state index in [1.165, 1.54) is 6.42 Å². The maximum Gasteiger partial charge on any atom is 0.0678 e. The van der Waals surface area contributed by atoms with E-state index in [4.69, 9.17) is 9.47 Å². The van der Waals surface area contributed by atoms with Crippen LogP contribution in [0.1, 0.15) is 27.2 Å². The van der Waals surface area contributed by atoms with Crippen molar-refractivity contribution in [2.45, 2.75) is 45.4 Å². The number of hydrogen-bond donors (Lipinski definition) is 1. The van der Waals surface area contributed by atoms with Gasteiger partial charge in [-0.15, -0.1) is 0 Å². The molecule has 1 aliphatic heterocycles. The summed E-state index contributed by atoms with van der Waals surface area (Å²) in [7, 11) is 1.78. The van der Waals surface area contributed by atoms with Gasteiger partial charge in [0, 0.05) is 32.8 Å². The molecule has 1 rings (SSSR count). The molecule has 1 unspecified atom stereocenters. The minimum Gasteiger partial charge on any atom is -0.383 e. The molecule has 4 nitrogen and oxygen atoms in total. The monoisotopic (exact) mass is 244 g/mol. The second-order valence-electron chi connectivity index (χ2n) is 5.02. The maximum absolute atomic E-state index is 5.77. The molecule has 4 heteroatoms. The first-order valence-corrected chi connectivity index (χ1v) is 6.76. The van der Waals surface area contributed by atoms with Crippen LogP contribution in [-0.4, -0.2) is 63.0 Å². The fourth-order valence-electron chi connectivity index (χ4n) is 2.45. The third-order valence-electron chi connectivity index (χ3n) is 3.13. The van der Waals surface area contributed by atoms with E-state index in [2.05, 4.69) is 31.0 Å². The van der Waals surface area contributed by atoms with Gasteiger partial charge in [0.2, 0.25) is 0 Å². The highest BCUT2D eigenvalue weighted by Crippen LogP contribution is 2.13. The molecular weight excluding hydrogens is 216 g/mol. The molecule has 102 valence electrons. The second kappa shape index (κ2) is 8.03. The Bertz CT molecular complexity index is 192. The lowest BCUT2D eigenvalue weighted by molar-refractivity contribution is -0.0870. The predicted octanol–water partition coefficient (Wildman–Crippen LogP) is 1.11. The minimum absolute atomic E-state index is 0.323. The highest BCUT2D eigenvalue weighted by molar-refractivity contribution is 4.81. The van der Waals surface area contributed by atoms with Crippen molar-refractivity contribution in [3.05, 3.63) is 0 Å². The Hall–Kier alpha value is -0.160. The van der Waals surface area contributed by atoms with E-state index >= 15 is 0 Å². The molecule has 3 atom stereocenters. The van der Waals surface area contributed by atoms with Crippen LogP contribution in [0.25, 0.3) is 0 Å². The Kier molecular flexibility index (Phi) is 7.04. The minimum atomic E-state index is 0.323. The Morgan fingerprint density at radius 1 is 1.35 bits per heavy atom. The fraction of sp³-hybridized carbons (Fsp3) is 1.00. The van der Waals surface area contributed by atoms with E-state index in [9.17, 15) is 0 Å². The van der Waals surface area contributed by atoms with Gasteiger partial charge >= 0.3 is 0 Å². The van der Waals surface area contributed by atoms with Crippen LogP contribution in [0.15, 0.2) is 0 Å². The van der Waals surface area contributed by atoms with E-state index in [0.29, 0.717) is 18.2 Å². The summed E-state index contributed by atoms with van der Waals surface area (Å²) in [6.45, 7) is 11.4. The molecule has 1 N–H and O–H groups in total. The van der Waals surface area contributed by atoms with Crippen LogP contribution in [0.4, 0.5) is 0 Å². The SMILES string of the molecule is CCCNCC(COC)N1C[C@@H](C)O[C@@H](C)C1. The standard InChI is InChI=1S/C13H28N2O2/c1-5-6-14-7-13(10-16-4)15-8-11(2)17-12(3)9-15/h11-14H,5-10H2,1-4H3/t11-,12+,13?. The molecule has 1 aliphatic rings. The zero-order chi connectivity index (χ0) is 12.7. The zero-order valence-electron chi connectivity index (χ0n) is 11.7. The van der Waals surface area contributed by atoms with Gasteiger partial charge in [-0.25, -0.2) is 0 Å². The summed E-state index contributed by atoms with van der Waals surface area (Å²) in [5, 5.41) is 3.48. The average Bonchev–Trinajstić information content (AvgIpc) is 2.27. The van der Waals surface area contributed by atoms with Gasteiger partial charge in [-0.05, 0) is 26.8 Å². The van der Waals surface area contributed by atoms with Crippen molar-refractivity contribution in [1.82, 2.24) is 10.2 Å². The number of rotatable bonds is 7. The highest BCUT2D eigenvalue weighted by atomic mass is 16.5. The first kappa shape index (κ1) is 14.9. The van der Waals surface area contributed by atoms with E-state index in [0.717, 1.165) is 32.8 Å². The lowest BCUT2D eigenvalue weighted by atomic mass is 10.1. The van der Waals surface area contributed by atoms with Crippen LogP contribution in [0.3, 0.4) is 0 Å². The second-order valence-corrected chi connectivity index (χ2v) is 5.02. The summed E-state index contributed by atoms with van der Waals surface area (Å²) in [6.07, 6.45) is 1.82. The van der Waals surface area contributed by atoms with Crippen molar-refractivity contribution >= 4 is 0 Å². The molecular formula is C13H28N2O2. The summed E-state index contributed by atoms with van der Waals surface area (Å²) in [6, 6.07) is 0.459. The van der Waals surface area contributed by atoms with E-state index < -0.39 is 0 Å². The Balaban J connectivity index is 2.43. The van der Waals surface area contributed by atoms with Gasteiger partial charge < -0.3 is 14.8 Å². The van der Waals surface area contributed by atoms with Crippen molar-refractivity contribution < 1.29 is 9.47 Å². The third-order valence-corrected chi connectivity index (χ3v) is 3.13. The number of hydrogen-bond acceptors (Lipinski definition) is 4. The van der Waals surface area contributed by atoms with Crippen molar-refractivity contribution in [2.24, 2.45) is 0 Å². The van der Waals surface area contributed by atoms with Crippen molar-refractivity contribution in [3.63, 3.8) is 0 Å². The van der Waals surface area contributed by atoms with E-state index in [-0.39, 0.29) is 0 Å². The molecule has 0 aromatic rings. The zero-order valence-corrected chi connectivity index (χ0v) is 11.7. The van der Waals surface area contributed by atoms with Crippen LogP contribution in [0.2, 0.25) is 0 Å². The molecule has 0 amide bonds. The first-order chi connectivity index (χ1) is 8.17. The largest absolute Gasteiger partial charge is 0.383 e. The molecule has 0 aromatic carbocycles. The summed E-state index contributed by atoms with van der Waals surface area (Å²) < 4.78 is 11.1. The summed E-state index contributed by atoms with van der Waals surface area (Å²) in [5.74, 6) is 0. The van der Waals surface area contributed by atoms with Gasteiger partial charge in [-0.1, -0.05) is 6.92 Å². The molecule has 1 heterocycles. The number of nitrogens with one attached hydrogen (secondary N) is 1. The van der Waals surface area contributed by atoms with Crippen LogP contribution in [-0.2, 0) is 9.47 Å². The number of nitrogens with zero attached hydrogens (tertiary/aromatic N) is 1. The molecule has 0 aliphatic carbocycles. The first-order valence-electron chi connectivity index (χ1n) is 6.76. The smallest absolute Gasteiger partial charge is 0.0678 e. The number of ether oxygens (including phenoxy) is 2. The van der Waals surface area contributed by atoms with Gasteiger partial charge in [0.25, 0.3) is 0 Å². The fourth-order valence-corrected chi connectivity index (χ4v) is 2.45. The number of methoxy groups -OCH3 is 1. The van der Waals surface area contributed by atoms with Crippen LogP contribution in [0.5, 0.6) is 0 Å². The van der Waals surface area contributed by atoms with Crippen molar-refractivity contribution in [2.75, 3.05) is 39.9 Å². The molecule has 0 aromatic heterocycles. The van der Waals surface area contributed by atoms with Crippen molar-refractivity contribution in [1.29, 1.82) is 0 Å². The maximum atomic E-state index is 5.77. The quantitative estimate of drug-likeness (QED) is 0.680. The third kappa shape index (κ3) is 5.34. The molecule has 1 saturated heterocycles. The Morgan fingerprint density at radius 2 is 2.00 bits per heavy atom. The van der Waals surface area contributed by atoms with Gasteiger partial charge in [0.1, 0.15) is 0 Å². The molecule has 1 fully saturated rings. The van der Waals surface area contributed by atoms with Gasteiger partial charge in [0.05, 0.1) is 18.8 Å². The normalized spacial score (nSPS) is 28.2. The van der Waals surface area contributed by atoms with Gasteiger partial charge in [0.15, 0.2) is 0 Å².